The zero-order chi connectivity index (χ0) is 13.8. The van der Waals surface area contributed by atoms with Crippen molar-refractivity contribution < 1.29 is 13.2 Å². The molecule has 0 aliphatic heterocycles. The highest BCUT2D eigenvalue weighted by atomic mass is 19.4. The number of benzene rings is 1. The minimum Gasteiger partial charge on any atom is -0.326 e. The molecular formula is C13H19F3N2. The monoisotopic (exact) mass is 260 g/mol. The van der Waals surface area contributed by atoms with Crippen LogP contribution in [0.5, 0.6) is 0 Å². The lowest BCUT2D eigenvalue weighted by atomic mass is 10.1. The Kier molecular flexibility index (Phi) is 5.16. The Bertz CT molecular complexity index is 349. The summed E-state index contributed by atoms with van der Waals surface area (Å²) in [6.45, 7) is 3.67. The predicted octanol–water partition coefficient (Wildman–Crippen LogP) is 2.79. The molecule has 0 aliphatic rings. The van der Waals surface area contributed by atoms with Crippen LogP contribution in [0.25, 0.3) is 0 Å². The molecule has 1 aromatic rings. The fourth-order valence-electron chi connectivity index (χ4n) is 2.06. The molecule has 18 heavy (non-hydrogen) atoms. The average molecular weight is 260 g/mol. The van der Waals surface area contributed by atoms with Crippen molar-refractivity contribution in [3.05, 3.63) is 35.9 Å². The molecule has 0 spiro atoms. The molecule has 0 amide bonds. The summed E-state index contributed by atoms with van der Waals surface area (Å²) in [5, 5.41) is 0. The van der Waals surface area contributed by atoms with Gasteiger partial charge in [0.1, 0.15) is 6.04 Å². The number of nitrogens with two attached hydrogens (primary N) is 1. The molecule has 0 radical (unpaired) electrons. The normalized spacial score (nSPS) is 15.7. The average Bonchev–Trinajstić information content (AvgIpc) is 2.27. The molecule has 0 aliphatic carbocycles. The second kappa shape index (κ2) is 6.20. The van der Waals surface area contributed by atoms with Gasteiger partial charge in [-0.1, -0.05) is 37.3 Å². The first-order valence-corrected chi connectivity index (χ1v) is 5.96. The topological polar surface area (TPSA) is 29.3 Å². The van der Waals surface area contributed by atoms with Crippen molar-refractivity contribution in [3.8, 4) is 0 Å². The van der Waals surface area contributed by atoms with Gasteiger partial charge in [-0.05, 0) is 19.0 Å². The van der Waals surface area contributed by atoms with Gasteiger partial charge in [0.25, 0.3) is 0 Å². The van der Waals surface area contributed by atoms with Gasteiger partial charge in [-0.15, -0.1) is 0 Å². The van der Waals surface area contributed by atoms with Crippen LogP contribution in [0.15, 0.2) is 30.3 Å². The third-order valence-electron chi connectivity index (χ3n) is 2.86. The smallest absolute Gasteiger partial charge is 0.326 e. The predicted molar refractivity (Wildman–Crippen MR) is 66.0 cm³/mol. The van der Waals surface area contributed by atoms with Crippen molar-refractivity contribution in [2.75, 3.05) is 6.54 Å². The van der Waals surface area contributed by atoms with Crippen molar-refractivity contribution in [1.82, 2.24) is 4.90 Å². The summed E-state index contributed by atoms with van der Waals surface area (Å²) in [4.78, 5) is 1.36. The highest BCUT2D eigenvalue weighted by Crippen LogP contribution is 2.27. The number of alkyl halides is 3. The Hall–Kier alpha value is -1.07. The quantitative estimate of drug-likeness (QED) is 0.882. The van der Waals surface area contributed by atoms with Crippen LogP contribution in [-0.2, 0) is 6.54 Å². The Morgan fingerprint density at radius 1 is 1.22 bits per heavy atom. The van der Waals surface area contributed by atoms with E-state index in [4.69, 9.17) is 5.73 Å². The fraction of sp³-hybridized carbons (Fsp3) is 0.538. The maximum absolute atomic E-state index is 13.0. The van der Waals surface area contributed by atoms with Gasteiger partial charge in [-0.3, -0.25) is 4.90 Å². The highest BCUT2D eigenvalue weighted by Gasteiger charge is 2.45. The molecule has 0 heterocycles. The van der Waals surface area contributed by atoms with Crippen LogP contribution < -0.4 is 5.73 Å². The van der Waals surface area contributed by atoms with Crippen molar-refractivity contribution in [1.29, 1.82) is 0 Å². The molecule has 0 fully saturated rings. The standard InChI is InChI=1S/C13H19F3N2/c1-3-18(9-11-7-5-4-6-8-11)12(10(2)17)13(14,15)16/h4-8,10,12H,3,9,17H2,1-2H3. The first-order chi connectivity index (χ1) is 8.36. The van der Waals surface area contributed by atoms with Crippen LogP contribution in [-0.4, -0.2) is 29.7 Å². The Labute approximate surface area is 106 Å². The summed E-state index contributed by atoms with van der Waals surface area (Å²) in [5.74, 6) is 0. The van der Waals surface area contributed by atoms with E-state index in [0.717, 1.165) is 5.56 Å². The lowest BCUT2D eigenvalue weighted by molar-refractivity contribution is -0.189. The van der Waals surface area contributed by atoms with Crippen LogP contribution >= 0.6 is 0 Å². The summed E-state index contributed by atoms with van der Waals surface area (Å²) in [5.41, 5.74) is 6.35. The van der Waals surface area contributed by atoms with Gasteiger partial charge in [-0.25, -0.2) is 0 Å². The summed E-state index contributed by atoms with van der Waals surface area (Å²) >= 11 is 0. The number of rotatable bonds is 5. The first kappa shape index (κ1) is 15.0. The molecule has 2 nitrogen and oxygen atoms in total. The van der Waals surface area contributed by atoms with Crippen LogP contribution in [0.1, 0.15) is 19.4 Å². The van der Waals surface area contributed by atoms with Gasteiger partial charge in [0, 0.05) is 12.6 Å². The highest BCUT2D eigenvalue weighted by molar-refractivity contribution is 5.14. The van der Waals surface area contributed by atoms with Crippen LogP contribution in [0.3, 0.4) is 0 Å². The van der Waals surface area contributed by atoms with Crippen molar-refractivity contribution in [2.24, 2.45) is 5.73 Å². The first-order valence-electron chi connectivity index (χ1n) is 5.96. The number of hydrogen-bond donors (Lipinski definition) is 1. The largest absolute Gasteiger partial charge is 0.405 e. The number of hydrogen-bond acceptors (Lipinski definition) is 2. The molecule has 0 saturated heterocycles. The van der Waals surface area contributed by atoms with E-state index in [1.54, 1.807) is 6.92 Å². The van der Waals surface area contributed by atoms with E-state index in [2.05, 4.69) is 0 Å². The summed E-state index contributed by atoms with van der Waals surface area (Å²) < 4.78 is 39.0. The van der Waals surface area contributed by atoms with Crippen molar-refractivity contribution in [3.63, 3.8) is 0 Å². The molecule has 2 N–H and O–H groups in total. The van der Waals surface area contributed by atoms with Gasteiger partial charge in [0.2, 0.25) is 0 Å². The maximum atomic E-state index is 13.0. The summed E-state index contributed by atoms with van der Waals surface area (Å²) in [6.07, 6.45) is -4.31. The van der Waals surface area contributed by atoms with Crippen LogP contribution in [0, 0.1) is 0 Å². The van der Waals surface area contributed by atoms with E-state index in [1.165, 1.54) is 11.8 Å². The van der Waals surface area contributed by atoms with Gasteiger partial charge < -0.3 is 5.73 Å². The molecule has 0 aromatic heterocycles. The molecular weight excluding hydrogens is 241 g/mol. The summed E-state index contributed by atoms with van der Waals surface area (Å²) in [6, 6.07) is 6.55. The zero-order valence-electron chi connectivity index (χ0n) is 10.6. The Balaban J connectivity index is 2.87. The fourth-order valence-corrected chi connectivity index (χ4v) is 2.06. The SMILES string of the molecule is CCN(Cc1ccccc1)C(C(C)N)C(F)(F)F. The Morgan fingerprint density at radius 3 is 2.17 bits per heavy atom. The minimum absolute atomic E-state index is 0.253. The molecule has 5 heteroatoms. The van der Waals surface area contributed by atoms with Crippen molar-refractivity contribution >= 4 is 0 Å². The molecule has 0 saturated carbocycles. The number of nitrogens with zero attached hydrogens (tertiary/aromatic N) is 1. The van der Waals surface area contributed by atoms with Gasteiger partial charge >= 0.3 is 6.18 Å². The zero-order valence-corrected chi connectivity index (χ0v) is 10.6. The second-order valence-corrected chi connectivity index (χ2v) is 4.39. The third-order valence-corrected chi connectivity index (χ3v) is 2.86. The Morgan fingerprint density at radius 2 is 1.78 bits per heavy atom. The van der Waals surface area contributed by atoms with E-state index in [-0.39, 0.29) is 6.54 Å². The van der Waals surface area contributed by atoms with E-state index in [1.807, 2.05) is 30.3 Å². The minimum atomic E-state index is -4.31. The lowest BCUT2D eigenvalue weighted by Crippen LogP contribution is -2.54. The van der Waals surface area contributed by atoms with E-state index in [9.17, 15) is 13.2 Å². The van der Waals surface area contributed by atoms with Crippen LogP contribution in [0.2, 0.25) is 0 Å². The van der Waals surface area contributed by atoms with E-state index >= 15 is 0 Å². The van der Waals surface area contributed by atoms with E-state index in [0.29, 0.717) is 6.54 Å². The number of likely N-dealkylation sites (N-methyl/N-ethyl adjacent to an activating group) is 1. The van der Waals surface area contributed by atoms with Crippen LogP contribution in [0.4, 0.5) is 13.2 Å². The molecule has 2 atom stereocenters. The van der Waals surface area contributed by atoms with Gasteiger partial charge in [0.05, 0.1) is 0 Å². The van der Waals surface area contributed by atoms with Gasteiger partial charge in [-0.2, -0.15) is 13.2 Å². The molecule has 102 valence electrons. The molecule has 1 rings (SSSR count). The maximum Gasteiger partial charge on any atom is 0.405 e. The van der Waals surface area contributed by atoms with E-state index < -0.39 is 18.3 Å². The second-order valence-electron chi connectivity index (χ2n) is 4.39. The number of halogens is 3. The van der Waals surface area contributed by atoms with Gasteiger partial charge in [0.15, 0.2) is 0 Å². The lowest BCUT2D eigenvalue weighted by Gasteiger charge is -2.34. The third kappa shape index (κ3) is 3.99. The van der Waals surface area contributed by atoms with Crippen molar-refractivity contribution in [2.45, 2.75) is 38.7 Å². The molecule has 1 aromatic carbocycles. The molecule has 2 unspecified atom stereocenters. The molecule has 0 bridgehead atoms. The summed E-state index contributed by atoms with van der Waals surface area (Å²) in [7, 11) is 0.